The summed E-state index contributed by atoms with van der Waals surface area (Å²) in [6.45, 7) is 22.5. The van der Waals surface area contributed by atoms with Crippen molar-refractivity contribution in [2.45, 2.75) is 92.2 Å². The summed E-state index contributed by atoms with van der Waals surface area (Å²) >= 11 is 0. The van der Waals surface area contributed by atoms with Crippen molar-refractivity contribution in [1.29, 1.82) is 10.5 Å². The van der Waals surface area contributed by atoms with E-state index in [0.29, 0.717) is 17.1 Å². The molecule has 288 valence electrons. The third-order valence-corrected chi connectivity index (χ3v) is 13.5. The first-order valence-electron chi connectivity index (χ1n) is 19.9. The molecule has 7 heteroatoms. The molecule has 2 aliphatic carbocycles. The first-order valence-corrected chi connectivity index (χ1v) is 19.9. The van der Waals surface area contributed by atoms with Crippen molar-refractivity contribution >= 4 is 0 Å². The van der Waals surface area contributed by atoms with Crippen LogP contribution in [0.15, 0.2) is 129 Å². The molecule has 2 atom stereocenters. The van der Waals surface area contributed by atoms with Crippen molar-refractivity contribution in [1.82, 2.24) is 9.80 Å². The normalized spacial score (nSPS) is 30.4. The van der Waals surface area contributed by atoms with Crippen LogP contribution in [-0.2, 0) is 14.2 Å². The lowest BCUT2D eigenvalue weighted by atomic mass is 9.56. The number of hydrogen-bond acceptors (Lipinski definition) is 7. The van der Waals surface area contributed by atoms with Crippen molar-refractivity contribution in [3.05, 3.63) is 129 Å². The van der Waals surface area contributed by atoms with Gasteiger partial charge in [0.2, 0.25) is 0 Å². The van der Waals surface area contributed by atoms with Gasteiger partial charge in [-0.05, 0) is 85.1 Å². The van der Waals surface area contributed by atoms with Gasteiger partial charge in [-0.3, -0.25) is 9.80 Å². The number of rotatable bonds is 6. The highest BCUT2D eigenvalue weighted by Gasteiger charge is 2.60. The smallest absolute Gasteiger partial charge is 0.137 e. The van der Waals surface area contributed by atoms with Crippen LogP contribution in [-0.4, -0.2) is 61.3 Å². The van der Waals surface area contributed by atoms with Crippen LogP contribution in [0.4, 0.5) is 0 Å². The number of methoxy groups -OCH3 is 2. The number of ether oxygens (including phenoxy) is 3. The summed E-state index contributed by atoms with van der Waals surface area (Å²) in [5, 5.41) is 19.9. The van der Waals surface area contributed by atoms with E-state index in [1.165, 1.54) is 11.1 Å². The molecule has 2 fully saturated rings. The molecule has 0 amide bonds. The number of nitriles is 2. The predicted octanol–water partition coefficient (Wildman–Crippen LogP) is 9.84. The van der Waals surface area contributed by atoms with E-state index in [2.05, 4.69) is 126 Å². The second kappa shape index (κ2) is 13.6. The van der Waals surface area contributed by atoms with Gasteiger partial charge in [0.25, 0.3) is 0 Å². The van der Waals surface area contributed by atoms with E-state index in [4.69, 9.17) is 14.2 Å². The molecule has 7 rings (SSSR count). The van der Waals surface area contributed by atoms with E-state index >= 15 is 0 Å². The summed E-state index contributed by atoms with van der Waals surface area (Å²) < 4.78 is 19.2. The largest absolute Gasteiger partial charge is 0.500 e. The van der Waals surface area contributed by atoms with Crippen molar-refractivity contribution in [3.8, 4) is 12.1 Å². The van der Waals surface area contributed by atoms with Crippen LogP contribution in [0, 0.1) is 44.3 Å². The van der Waals surface area contributed by atoms with E-state index in [9.17, 15) is 10.5 Å². The summed E-state index contributed by atoms with van der Waals surface area (Å²) in [4.78, 5) is 5.32. The zero-order valence-electron chi connectivity index (χ0n) is 34.6. The van der Waals surface area contributed by atoms with Gasteiger partial charge in [-0.1, -0.05) is 104 Å². The van der Waals surface area contributed by atoms with Gasteiger partial charge in [-0.15, -0.1) is 0 Å². The lowest BCUT2D eigenvalue weighted by Gasteiger charge is -2.62. The predicted molar refractivity (Wildman–Crippen MR) is 218 cm³/mol. The molecule has 0 aromatic rings. The average molecular weight is 739 g/mol. The van der Waals surface area contributed by atoms with E-state index in [-0.39, 0.29) is 38.3 Å². The fraction of sp³-hybridized carbons (Fsp3) is 0.500. The molecule has 5 aliphatic heterocycles. The number of hydrogen-bond donors (Lipinski definition) is 0. The zero-order valence-corrected chi connectivity index (χ0v) is 34.6. The standard InChI is InChI=1S/C48H58N4O3/c1-43(2)31-51-25-13-21-45(5,6)47(51)23-11-15-33(39(47)41(43)53-9)17-19-37-27-35(36(29-49)30-50)28-38(55-37)20-18-34-16-12-24-48-40(34)42(54-10)44(3,4)32-52(48)26-14-22-46(48,7)8/h11-12,15-20,23-24,27-28H,13-14,21-22,25-26,31-32H2,1-10H3. The molecule has 7 aliphatic rings. The molecule has 55 heavy (non-hydrogen) atoms. The summed E-state index contributed by atoms with van der Waals surface area (Å²) in [7, 11) is 3.60. The molecule has 0 aromatic carbocycles. The lowest BCUT2D eigenvalue weighted by Crippen LogP contribution is -2.66. The lowest BCUT2D eigenvalue weighted by molar-refractivity contribution is -0.0410. The minimum absolute atomic E-state index is 0.0203. The molecule has 2 unspecified atom stereocenters. The molecule has 5 heterocycles. The Morgan fingerprint density at radius 2 is 1.09 bits per heavy atom. The van der Waals surface area contributed by atoms with Crippen molar-refractivity contribution in [2.75, 3.05) is 40.4 Å². The minimum Gasteiger partial charge on any atom is -0.500 e. The summed E-state index contributed by atoms with van der Waals surface area (Å²) in [6, 6.07) is 4.19. The third-order valence-electron chi connectivity index (χ3n) is 13.5. The van der Waals surface area contributed by atoms with Gasteiger partial charge in [0.15, 0.2) is 0 Å². The quantitative estimate of drug-likeness (QED) is 0.251. The first-order chi connectivity index (χ1) is 26.0. The summed E-state index contributed by atoms with van der Waals surface area (Å²) in [5.41, 5.74) is 4.09. The molecular formula is C48H58N4O3. The molecule has 2 spiro atoms. The second-order valence-electron chi connectivity index (χ2n) is 18.8. The third kappa shape index (κ3) is 5.89. The fourth-order valence-electron chi connectivity index (χ4n) is 11.2. The molecule has 0 N–H and O–H groups in total. The van der Waals surface area contributed by atoms with E-state index in [1.54, 1.807) is 26.4 Å². The summed E-state index contributed by atoms with van der Waals surface area (Å²) in [5.74, 6) is 3.12. The van der Waals surface area contributed by atoms with Crippen LogP contribution in [0.5, 0.6) is 0 Å². The Morgan fingerprint density at radius 3 is 1.47 bits per heavy atom. The Bertz CT molecular complexity index is 1960. The van der Waals surface area contributed by atoms with Crippen molar-refractivity contribution in [3.63, 3.8) is 0 Å². The maximum atomic E-state index is 9.96. The number of piperidine rings is 2. The number of nitrogens with zero attached hydrogens (tertiary/aromatic N) is 4. The van der Waals surface area contributed by atoms with E-state index in [0.717, 1.165) is 74.5 Å². The van der Waals surface area contributed by atoms with Gasteiger partial charge in [0.1, 0.15) is 40.7 Å². The number of allylic oxidation sites excluding steroid dienone is 12. The molecule has 2 saturated heterocycles. The molecule has 7 nitrogen and oxygen atoms in total. The Kier molecular flexibility index (Phi) is 9.55. The highest BCUT2D eigenvalue weighted by molar-refractivity contribution is 5.63. The molecule has 0 aromatic heterocycles. The Morgan fingerprint density at radius 1 is 0.673 bits per heavy atom. The first kappa shape index (κ1) is 38.7. The van der Waals surface area contributed by atoms with Crippen LogP contribution in [0.3, 0.4) is 0 Å². The summed E-state index contributed by atoms with van der Waals surface area (Å²) in [6.07, 6.45) is 29.7. The van der Waals surface area contributed by atoms with Crippen molar-refractivity contribution < 1.29 is 14.2 Å². The fourth-order valence-corrected chi connectivity index (χ4v) is 11.2. The average Bonchev–Trinajstić information content (AvgIpc) is 3.12. The SMILES string of the molecule is COC1=C2C(C=CC3=CC(=C(C#N)C#N)C=C(C=CC4=CC=CC56C4=C(OC)C(C)(C)CN5CCCC6(C)C)O3)=CC=CC23N(CCCC3(C)C)CC1(C)C. The molecule has 0 bridgehead atoms. The van der Waals surface area contributed by atoms with E-state index in [1.807, 2.05) is 12.2 Å². The molecule has 0 saturated carbocycles. The maximum absolute atomic E-state index is 9.96. The molecule has 0 radical (unpaired) electrons. The van der Waals surface area contributed by atoms with Crippen LogP contribution in [0.2, 0.25) is 0 Å². The Hall–Kier alpha value is -4.56. The van der Waals surface area contributed by atoms with Crippen LogP contribution >= 0.6 is 0 Å². The Balaban J connectivity index is 1.27. The van der Waals surface area contributed by atoms with Crippen LogP contribution in [0.1, 0.15) is 81.1 Å². The highest BCUT2D eigenvalue weighted by atomic mass is 16.5. The van der Waals surface area contributed by atoms with Gasteiger partial charge < -0.3 is 14.2 Å². The van der Waals surface area contributed by atoms with Crippen LogP contribution in [0.25, 0.3) is 0 Å². The highest BCUT2D eigenvalue weighted by Crippen LogP contribution is 2.60. The van der Waals surface area contributed by atoms with Gasteiger partial charge in [-0.25, -0.2) is 0 Å². The molecular weight excluding hydrogens is 681 g/mol. The van der Waals surface area contributed by atoms with Crippen LogP contribution < -0.4 is 0 Å². The Labute approximate surface area is 329 Å². The minimum atomic E-state index is -0.304. The topological polar surface area (TPSA) is 81.7 Å². The van der Waals surface area contributed by atoms with Gasteiger partial charge >= 0.3 is 0 Å². The van der Waals surface area contributed by atoms with E-state index < -0.39 is 0 Å². The second-order valence-corrected chi connectivity index (χ2v) is 18.8. The maximum Gasteiger partial charge on any atom is 0.137 e. The monoisotopic (exact) mass is 738 g/mol. The van der Waals surface area contributed by atoms with Gasteiger partial charge in [-0.2, -0.15) is 10.5 Å². The van der Waals surface area contributed by atoms with Gasteiger partial charge in [0, 0.05) is 40.6 Å². The van der Waals surface area contributed by atoms with Gasteiger partial charge in [0.05, 0.1) is 25.3 Å². The van der Waals surface area contributed by atoms with Crippen molar-refractivity contribution in [2.24, 2.45) is 21.7 Å². The zero-order chi connectivity index (χ0) is 39.6.